The zero-order valence-electron chi connectivity index (χ0n) is 16.7. The van der Waals surface area contributed by atoms with Crippen molar-refractivity contribution in [1.29, 1.82) is 0 Å². The van der Waals surface area contributed by atoms with Crippen LogP contribution in [0.5, 0.6) is 0 Å². The first-order chi connectivity index (χ1) is 14.6. The van der Waals surface area contributed by atoms with Crippen LogP contribution in [-0.2, 0) is 4.79 Å². The zero-order chi connectivity index (χ0) is 20.7. The Morgan fingerprint density at radius 1 is 0.967 bits per heavy atom. The summed E-state index contributed by atoms with van der Waals surface area (Å²) in [6.07, 6.45) is 0. The van der Waals surface area contributed by atoms with Gasteiger partial charge in [0.2, 0.25) is 5.91 Å². The number of fused-ring (bicyclic) bond motifs is 5. The summed E-state index contributed by atoms with van der Waals surface area (Å²) in [5.74, 6) is 0.208. The fourth-order valence-corrected chi connectivity index (χ4v) is 4.49. The minimum Gasteiger partial charge on any atom is -0.325 e. The van der Waals surface area contributed by atoms with Crippen molar-refractivity contribution >= 4 is 50.9 Å². The lowest BCUT2D eigenvalue weighted by Gasteiger charge is -2.10. The van der Waals surface area contributed by atoms with Crippen LogP contribution in [0.25, 0.3) is 27.6 Å². The lowest BCUT2D eigenvalue weighted by Crippen LogP contribution is -2.15. The molecule has 148 valence electrons. The molecule has 0 spiro atoms. The van der Waals surface area contributed by atoms with E-state index in [0.717, 1.165) is 44.0 Å². The summed E-state index contributed by atoms with van der Waals surface area (Å²) < 4.78 is 2.05. The fourth-order valence-electron chi connectivity index (χ4n) is 3.68. The van der Waals surface area contributed by atoms with Gasteiger partial charge >= 0.3 is 0 Å². The molecule has 0 aliphatic carbocycles. The van der Waals surface area contributed by atoms with Crippen LogP contribution < -0.4 is 5.32 Å². The van der Waals surface area contributed by atoms with Crippen molar-refractivity contribution in [2.24, 2.45) is 0 Å². The van der Waals surface area contributed by atoms with Crippen LogP contribution in [0.15, 0.2) is 71.9 Å². The van der Waals surface area contributed by atoms with E-state index in [1.165, 1.54) is 17.3 Å². The molecule has 5 nitrogen and oxygen atoms in total. The van der Waals surface area contributed by atoms with E-state index >= 15 is 0 Å². The molecule has 0 saturated heterocycles. The van der Waals surface area contributed by atoms with E-state index in [1.807, 2.05) is 78.9 Å². The van der Waals surface area contributed by atoms with Gasteiger partial charge in [-0.15, -0.1) is 0 Å². The third kappa shape index (κ3) is 3.29. The maximum Gasteiger partial charge on any atom is 0.234 e. The molecule has 0 aliphatic heterocycles. The zero-order valence-corrected chi connectivity index (χ0v) is 17.5. The van der Waals surface area contributed by atoms with Crippen LogP contribution in [0.4, 0.5) is 5.69 Å². The van der Waals surface area contributed by atoms with Crippen LogP contribution in [0.3, 0.4) is 0 Å². The molecule has 5 aromatic rings. The van der Waals surface area contributed by atoms with E-state index < -0.39 is 0 Å². The molecular weight excluding hydrogens is 392 g/mol. The molecule has 0 fully saturated rings. The van der Waals surface area contributed by atoms with Gasteiger partial charge in [0.15, 0.2) is 5.16 Å². The van der Waals surface area contributed by atoms with Gasteiger partial charge in [-0.25, -0.2) is 9.97 Å². The Morgan fingerprint density at radius 3 is 2.57 bits per heavy atom. The number of aryl methyl sites for hydroxylation is 2. The first-order valence-electron chi connectivity index (χ1n) is 9.76. The first-order valence-corrected chi connectivity index (χ1v) is 10.7. The number of thioether (sulfide) groups is 1. The summed E-state index contributed by atoms with van der Waals surface area (Å²) in [6.45, 7) is 4.04. The molecule has 1 N–H and O–H groups in total. The lowest BCUT2D eigenvalue weighted by atomic mass is 10.1. The van der Waals surface area contributed by atoms with Crippen molar-refractivity contribution < 1.29 is 4.79 Å². The van der Waals surface area contributed by atoms with E-state index in [2.05, 4.69) is 11.4 Å². The summed E-state index contributed by atoms with van der Waals surface area (Å²) in [5, 5.41) is 4.77. The van der Waals surface area contributed by atoms with Crippen LogP contribution in [0.2, 0.25) is 0 Å². The van der Waals surface area contributed by atoms with E-state index in [0.29, 0.717) is 0 Å². The van der Waals surface area contributed by atoms with E-state index in [4.69, 9.17) is 9.97 Å². The number of nitrogens with zero attached hydrogens (tertiary/aromatic N) is 3. The molecule has 6 heteroatoms. The normalized spacial score (nSPS) is 11.4. The lowest BCUT2D eigenvalue weighted by molar-refractivity contribution is -0.113. The molecule has 0 aliphatic rings. The van der Waals surface area contributed by atoms with Crippen LogP contribution in [-0.4, -0.2) is 26.0 Å². The number of amides is 1. The number of nitrogens with one attached hydrogen (secondary N) is 1. The number of para-hydroxylation sites is 3. The summed E-state index contributed by atoms with van der Waals surface area (Å²) in [5.41, 5.74) is 6.71. The Balaban J connectivity index is 1.51. The van der Waals surface area contributed by atoms with E-state index in [-0.39, 0.29) is 11.7 Å². The fraction of sp³-hybridized carbons (Fsp3) is 0.125. The smallest absolute Gasteiger partial charge is 0.234 e. The van der Waals surface area contributed by atoms with Gasteiger partial charge in [0, 0.05) is 11.1 Å². The highest BCUT2D eigenvalue weighted by Crippen LogP contribution is 2.29. The van der Waals surface area contributed by atoms with Crippen molar-refractivity contribution in [2.75, 3.05) is 11.1 Å². The van der Waals surface area contributed by atoms with Gasteiger partial charge in [-0.2, -0.15) is 0 Å². The number of anilines is 1. The first kappa shape index (κ1) is 18.6. The molecule has 30 heavy (non-hydrogen) atoms. The standard InChI is InChI=1S/C24H20N4OS/c1-15-11-12-18(16(2)13-15)25-22(29)14-30-24-27-19-8-4-3-7-17(19)23-26-20-9-5-6-10-21(20)28(23)24/h3-13H,14H2,1-2H3,(H,25,29). The molecule has 5 rings (SSSR count). The van der Waals surface area contributed by atoms with E-state index in [1.54, 1.807) is 0 Å². The molecule has 0 atom stereocenters. The Bertz CT molecular complexity index is 1420. The predicted octanol–water partition coefficient (Wildman–Crippen LogP) is 5.38. The molecule has 0 bridgehead atoms. The van der Waals surface area contributed by atoms with Crippen LogP contribution in [0, 0.1) is 13.8 Å². The third-order valence-electron chi connectivity index (χ3n) is 5.10. The average molecular weight is 413 g/mol. The van der Waals surface area contributed by atoms with Crippen molar-refractivity contribution in [3.8, 4) is 0 Å². The van der Waals surface area contributed by atoms with Gasteiger partial charge < -0.3 is 5.32 Å². The Labute approximate surface area is 178 Å². The third-order valence-corrected chi connectivity index (χ3v) is 6.04. The molecule has 0 unspecified atom stereocenters. The maximum absolute atomic E-state index is 12.6. The number of carbonyl (C=O) groups is 1. The topological polar surface area (TPSA) is 59.3 Å². The number of imidazole rings is 1. The number of aromatic nitrogens is 3. The van der Waals surface area contributed by atoms with Crippen molar-refractivity contribution in [1.82, 2.24) is 14.4 Å². The molecule has 0 saturated carbocycles. The summed E-state index contributed by atoms with van der Waals surface area (Å²) in [6, 6.07) is 22.0. The number of benzene rings is 3. The number of rotatable bonds is 4. The Kier molecular flexibility index (Phi) is 4.64. The highest BCUT2D eigenvalue weighted by molar-refractivity contribution is 7.99. The molecule has 0 radical (unpaired) electrons. The van der Waals surface area contributed by atoms with Gasteiger partial charge in [0.1, 0.15) is 5.65 Å². The largest absolute Gasteiger partial charge is 0.325 e. The minimum absolute atomic E-state index is 0.0560. The maximum atomic E-state index is 12.6. The minimum atomic E-state index is -0.0560. The highest BCUT2D eigenvalue weighted by Gasteiger charge is 2.15. The number of carbonyl (C=O) groups excluding carboxylic acids is 1. The second-order valence-electron chi connectivity index (χ2n) is 7.33. The van der Waals surface area contributed by atoms with Crippen molar-refractivity contribution in [3.63, 3.8) is 0 Å². The van der Waals surface area contributed by atoms with Gasteiger partial charge in [0.05, 0.1) is 22.3 Å². The molecule has 3 aromatic carbocycles. The Morgan fingerprint density at radius 2 is 1.73 bits per heavy atom. The SMILES string of the molecule is Cc1ccc(NC(=O)CSc2nc3ccccc3c3nc4ccccc4n23)c(C)c1. The number of hydrogen-bond acceptors (Lipinski definition) is 4. The quantitative estimate of drug-likeness (QED) is 0.318. The van der Waals surface area contributed by atoms with Gasteiger partial charge in [-0.05, 0) is 49.7 Å². The second-order valence-corrected chi connectivity index (χ2v) is 8.27. The molecule has 2 heterocycles. The summed E-state index contributed by atoms with van der Waals surface area (Å²) in [4.78, 5) is 22.3. The van der Waals surface area contributed by atoms with Crippen LogP contribution in [0.1, 0.15) is 11.1 Å². The summed E-state index contributed by atoms with van der Waals surface area (Å²) in [7, 11) is 0. The molecular formula is C24H20N4OS. The Hall–Kier alpha value is -3.38. The second kappa shape index (κ2) is 7.46. The average Bonchev–Trinajstić information content (AvgIpc) is 3.14. The van der Waals surface area contributed by atoms with E-state index in [9.17, 15) is 4.79 Å². The number of hydrogen-bond donors (Lipinski definition) is 1. The highest BCUT2D eigenvalue weighted by atomic mass is 32.2. The van der Waals surface area contributed by atoms with Crippen molar-refractivity contribution in [2.45, 2.75) is 19.0 Å². The molecule has 2 aromatic heterocycles. The van der Waals surface area contributed by atoms with Crippen LogP contribution >= 0.6 is 11.8 Å². The predicted molar refractivity (Wildman–Crippen MR) is 123 cm³/mol. The molecule has 1 amide bonds. The van der Waals surface area contributed by atoms with Gasteiger partial charge in [-0.3, -0.25) is 9.20 Å². The summed E-state index contributed by atoms with van der Waals surface area (Å²) >= 11 is 1.42. The monoisotopic (exact) mass is 412 g/mol. The van der Waals surface area contributed by atoms with Crippen molar-refractivity contribution in [3.05, 3.63) is 77.9 Å². The van der Waals surface area contributed by atoms with Gasteiger partial charge in [0.25, 0.3) is 0 Å². The van der Waals surface area contributed by atoms with Gasteiger partial charge in [-0.1, -0.05) is 53.7 Å².